The van der Waals surface area contributed by atoms with Crippen molar-refractivity contribution >= 4 is 22.7 Å². The molecule has 2 amide bonds. The summed E-state index contributed by atoms with van der Waals surface area (Å²) in [5.74, 6) is -0.336. The van der Waals surface area contributed by atoms with Gasteiger partial charge in [-0.25, -0.2) is 0 Å². The number of morpholine rings is 1. The van der Waals surface area contributed by atoms with Crippen LogP contribution in [0.15, 0.2) is 36.5 Å². The van der Waals surface area contributed by atoms with Gasteiger partial charge in [-0.05, 0) is 25.1 Å². The number of hydrogen-bond acceptors (Lipinski definition) is 4. The van der Waals surface area contributed by atoms with Crippen molar-refractivity contribution in [2.24, 2.45) is 0 Å². The van der Waals surface area contributed by atoms with E-state index >= 15 is 0 Å². The monoisotopic (exact) mass is 313 g/mol. The number of ether oxygens (including phenoxy) is 1. The highest BCUT2D eigenvalue weighted by molar-refractivity contribution is 6.06. The van der Waals surface area contributed by atoms with Crippen molar-refractivity contribution < 1.29 is 14.3 Å². The summed E-state index contributed by atoms with van der Waals surface area (Å²) in [6.45, 7) is 2.72. The van der Waals surface area contributed by atoms with Crippen LogP contribution in [-0.2, 0) is 9.53 Å². The van der Waals surface area contributed by atoms with Crippen LogP contribution in [0.4, 0.5) is 0 Å². The largest absolute Gasteiger partial charge is 0.362 e. The lowest BCUT2D eigenvalue weighted by Gasteiger charge is -2.39. The predicted molar refractivity (Wildman–Crippen MR) is 86.1 cm³/mol. The number of hydrogen-bond donors (Lipinski definition) is 1. The van der Waals surface area contributed by atoms with Crippen molar-refractivity contribution in [3.8, 4) is 0 Å². The third-order valence-corrected chi connectivity index (χ3v) is 4.15. The van der Waals surface area contributed by atoms with Gasteiger partial charge in [0.25, 0.3) is 11.8 Å². The SMILES string of the molecule is CNC(=O)[C@@]1(C)CN(C(=O)c2cccc3ncccc23)CCO1. The van der Waals surface area contributed by atoms with Crippen LogP contribution in [0.1, 0.15) is 17.3 Å². The van der Waals surface area contributed by atoms with E-state index in [9.17, 15) is 9.59 Å². The van der Waals surface area contributed by atoms with Crippen LogP contribution in [0, 0.1) is 0 Å². The van der Waals surface area contributed by atoms with Crippen molar-refractivity contribution in [1.29, 1.82) is 0 Å². The van der Waals surface area contributed by atoms with E-state index in [4.69, 9.17) is 4.74 Å². The lowest BCUT2D eigenvalue weighted by atomic mass is 10.0. The van der Waals surface area contributed by atoms with Gasteiger partial charge < -0.3 is 15.0 Å². The molecule has 6 heteroatoms. The van der Waals surface area contributed by atoms with Gasteiger partial charge in [-0.2, -0.15) is 0 Å². The third-order valence-electron chi connectivity index (χ3n) is 4.15. The molecule has 0 spiro atoms. The summed E-state index contributed by atoms with van der Waals surface area (Å²) in [4.78, 5) is 30.9. The molecule has 0 aliphatic carbocycles. The fourth-order valence-corrected chi connectivity index (χ4v) is 2.91. The maximum Gasteiger partial charge on any atom is 0.254 e. The van der Waals surface area contributed by atoms with Gasteiger partial charge in [-0.1, -0.05) is 12.1 Å². The lowest BCUT2D eigenvalue weighted by Crippen LogP contribution is -2.58. The molecular formula is C17H19N3O3. The topological polar surface area (TPSA) is 71.5 Å². The Labute approximate surface area is 134 Å². The van der Waals surface area contributed by atoms with E-state index in [-0.39, 0.29) is 18.4 Å². The van der Waals surface area contributed by atoms with Crippen LogP contribution in [0.3, 0.4) is 0 Å². The number of nitrogens with zero attached hydrogens (tertiary/aromatic N) is 2. The molecule has 0 saturated carbocycles. The van der Waals surface area contributed by atoms with Crippen molar-refractivity contribution in [2.75, 3.05) is 26.7 Å². The number of fused-ring (bicyclic) bond motifs is 1. The smallest absolute Gasteiger partial charge is 0.254 e. The number of amides is 2. The fraction of sp³-hybridized carbons (Fsp3) is 0.353. The van der Waals surface area contributed by atoms with E-state index in [1.807, 2.05) is 24.3 Å². The number of likely N-dealkylation sites (N-methyl/N-ethyl adjacent to an activating group) is 1. The van der Waals surface area contributed by atoms with Crippen molar-refractivity contribution in [3.05, 3.63) is 42.1 Å². The minimum absolute atomic E-state index is 0.109. The summed E-state index contributed by atoms with van der Waals surface area (Å²) in [5.41, 5.74) is 0.350. The Hall–Kier alpha value is -2.47. The summed E-state index contributed by atoms with van der Waals surface area (Å²) >= 11 is 0. The van der Waals surface area contributed by atoms with Gasteiger partial charge in [0.2, 0.25) is 0 Å². The van der Waals surface area contributed by atoms with Crippen LogP contribution in [0.2, 0.25) is 0 Å². The van der Waals surface area contributed by atoms with Gasteiger partial charge in [0.05, 0.1) is 18.7 Å². The Bertz CT molecular complexity index is 756. The van der Waals surface area contributed by atoms with E-state index < -0.39 is 5.60 Å². The molecule has 0 unspecified atom stereocenters. The first-order valence-corrected chi connectivity index (χ1v) is 7.54. The van der Waals surface area contributed by atoms with Gasteiger partial charge >= 0.3 is 0 Å². The Morgan fingerprint density at radius 1 is 1.30 bits per heavy atom. The first kappa shape index (κ1) is 15.4. The van der Waals surface area contributed by atoms with Crippen LogP contribution < -0.4 is 5.32 Å². The highest BCUT2D eigenvalue weighted by Gasteiger charge is 2.40. The van der Waals surface area contributed by atoms with Crippen LogP contribution in [0.25, 0.3) is 10.9 Å². The highest BCUT2D eigenvalue weighted by atomic mass is 16.5. The predicted octanol–water partition coefficient (Wildman–Crippen LogP) is 1.21. The van der Waals surface area contributed by atoms with Gasteiger partial charge in [0.15, 0.2) is 5.60 Å². The average Bonchev–Trinajstić information content (AvgIpc) is 2.60. The number of carbonyl (C=O) groups excluding carboxylic acids is 2. The molecule has 23 heavy (non-hydrogen) atoms. The number of aromatic nitrogens is 1. The molecule has 1 aliphatic heterocycles. The summed E-state index contributed by atoms with van der Waals surface area (Å²) in [7, 11) is 1.56. The summed E-state index contributed by atoms with van der Waals surface area (Å²) in [5, 5.41) is 3.41. The van der Waals surface area contributed by atoms with Crippen LogP contribution in [0.5, 0.6) is 0 Å². The Kier molecular flexibility index (Phi) is 4.00. The molecule has 1 aromatic carbocycles. The van der Waals surface area contributed by atoms with Gasteiger partial charge in [-0.15, -0.1) is 0 Å². The molecule has 2 aromatic rings. The highest BCUT2D eigenvalue weighted by Crippen LogP contribution is 2.23. The Balaban J connectivity index is 1.92. The zero-order chi connectivity index (χ0) is 16.4. The molecule has 1 fully saturated rings. The number of rotatable bonds is 2. The molecule has 1 aromatic heterocycles. The minimum atomic E-state index is -1.02. The second-order valence-electron chi connectivity index (χ2n) is 5.76. The van der Waals surface area contributed by atoms with Gasteiger partial charge in [-0.3, -0.25) is 14.6 Å². The van der Waals surface area contributed by atoms with E-state index in [1.165, 1.54) is 0 Å². The third kappa shape index (κ3) is 2.77. The minimum Gasteiger partial charge on any atom is -0.362 e. The lowest BCUT2D eigenvalue weighted by molar-refractivity contribution is -0.153. The normalized spacial score (nSPS) is 21.2. The van der Waals surface area contributed by atoms with Crippen LogP contribution >= 0.6 is 0 Å². The fourth-order valence-electron chi connectivity index (χ4n) is 2.91. The zero-order valence-electron chi connectivity index (χ0n) is 13.2. The molecule has 6 nitrogen and oxygen atoms in total. The summed E-state index contributed by atoms with van der Waals surface area (Å²) in [6, 6.07) is 9.18. The van der Waals surface area contributed by atoms with E-state index in [1.54, 1.807) is 31.1 Å². The molecule has 120 valence electrons. The van der Waals surface area contributed by atoms with Crippen molar-refractivity contribution in [1.82, 2.24) is 15.2 Å². The summed E-state index contributed by atoms with van der Waals surface area (Å²) < 4.78 is 5.60. The maximum atomic E-state index is 12.9. The van der Waals surface area contributed by atoms with E-state index in [2.05, 4.69) is 10.3 Å². The summed E-state index contributed by atoms with van der Waals surface area (Å²) in [6.07, 6.45) is 1.70. The van der Waals surface area contributed by atoms with Gasteiger partial charge in [0, 0.05) is 30.7 Å². The van der Waals surface area contributed by atoms with E-state index in [0.717, 1.165) is 10.9 Å². The standard InChI is InChI=1S/C17H19N3O3/c1-17(16(22)18-2)11-20(9-10-23-17)15(21)13-5-3-7-14-12(13)6-4-8-19-14/h3-8H,9-11H2,1-2H3,(H,18,22)/t17-/m1/s1. The molecule has 1 atom stereocenters. The molecule has 0 radical (unpaired) electrons. The zero-order valence-corrected chi connectivity index (χ0v) is 13.2. The molecule has 3 rings (SSSR count). The average molecular weight is 313 g/mol. The molecule has 1 aliphatic rings. The number of pyridine rings is 1. The Morgan fingerprint density at radius 3 is 2.91 bits per heavy atom. The first-order valence-electron chi connectivity index (χ1n) is 7.54. The second kappa shape index (κ2) is 5.96. The molecule has 2 heterocycles. The number of nitrogens with one attached hydrogen (secondary N) is 1. The van der Waals surface area contributed by atoms with E-state index in [0.29, 0.717) is 18.7 Å². The molecule has 1 saturated heterocycles. The maximum absolute atomic E-state index is 12.9. The van der Waals surface area contributed by atoms with Crippen LogP contribution in [-0.4, -0.2) is 54.0 Å². The van der Waals surface area contributed by atoms with Crippen molar-refractivity contribution in [3.63, 3.8) is 0 Å². The molecule has 0 bridgehead atoms. The molecular weight excluding hydrogens is 294 g/mol. The quantitative estimate of drug-likeness (QED) is 0.905. The second-order valence-corrected chi connectivity index (χ2v) is 5.76. The van der Waals surface area contributed by atoms with Gasteiger partial charge in [0.1, 0.15) is 0 Å². The molecule has 1 N–H and O–H groups in total. The number of carbonyl (C=O) groups is 2. The Morgan fingerprint density at radius 2 is 2.13 bits per heavy atom. The number of benzene rings is 1. The van der Waals surface area contributed by atoms with Crippen molar-refractivity contribution in [2.45, 2.75) is 12.5 Å². The first-order chi connectivity index (χ1) is 11.0.